The van der Waals surface area contributed by atoms with Crippen molar-refractivity contribution in [2.45, 2.75) is 60.8 Å². The first-order valence-corrected chi connectivity index (χ1v) is 8.08. The summed E-state index contributed by atoms with van der Waals surface area (Å²) in [6, 6.07) is 0. The molecule has 1 heterocycles. The van der Waals surface area contributed by atoms with E-state index < -0.39 is 0 Å². The Morgan fingerprint density at radius 3 is 1.58 bits per heavy atom. The van der Waals surface area contributed by atoms with E-state index in [9.17, 15) is 5.11 Å². The highest BCUT2D eigenvalue weighted by Crippen LogP contribution is 2.62. The topological polar surface area (TPSA) is 43.7 Å². The highest BCUT2D eigenvalue weighted by molar-refractivity contribution is 5.13. The Hall–Kier alpha value is -0.120. The third-order valence-electron chi connectivity index (χ3n) is 4.25. The lowest BCUT2D eigenvalue weighted by Crippen LogP contribution is -2.53. The summed E-state index contributed by atoms with van der Waals surface area (Å²) in [5.41, 5.74) is 0.343. The van der Waals surface area contributed by atoms with E-state index >= 15 is 0 Å². The zero-order chi connectivity index (χ0) is 15.5. The SMILES string of the molecule is CC.CC.CC.CN1CC2(CO)CCC2(CCO)C1. The van der Waals surface area contributed by atoms with Gasteiger partial charge in [-0.1, -0.05) is 41.5 Å². The molecular weight excluding hydrogens is 238 g/mol. The molecule has 0 aromatic rings. The molecule has 2 fully saturated rings. The van der Waals surface area contributed by atoms with E-state index in [-0.39, 0.29) is 24.0 Å². The maximum absolute atomic E-state index is 9.45. The quantitative estimate of drug-likeness (QED) is 0.831. The van der Waals surface area contributed by atoms with Crippen LogP contribution in [0, 0.1) is 10.8 Å². The molecule has 1 aliphatic heterocycles. The largest absolute Gasteiger partial charge is 0.396 e. The fourth-order valence-corrected chi connectivity index (χ4v) is 3.39. The van der Waals surface area contributed by atoms with Crippen molar-refractivity contribution in [1.82, 2.24) is 4.90 Å². The summed E-state index contributed by atoms with van der Waals surface area (Å²) in [6.07, 6.45) is 3.17. The summed E-state index contributed by atoms with van der Waals surface area (Å²) in [7, 11) is 2.11. The Morgan fingerprint density at radius 2 is 1.26 bits per heavy atom. The highest BCUT2D eigenvalue weighted by atomic mass is 16.3. The standard InChI is InChI=1S/C10H19NO2.3C2H6/c1-11-6-9(4-5-12)2-3-10(9,7-11)8-13;3*1-2/h12-13H,2-8H2,1H3;3*1-2H3. The van der Waals surface area contributed by atoms with E-state index in [1.807, 2.05) is 41.5 Å². The number of nitrogens with zero attached hydrogens (tertiary/aromatic N) is 1. The van der Waals surface area contributed by atoms with Gasteiger partial charge in [0.25, 0.3) is 0 Å². The number of hydrogen-bond donors (Lipinski definition) is 2. The summed E-state index contributed by atoms with van der Waals surface area (Å²) in [5.74, 6) is 0. The zero-order valence-corrected chi connectivity index (χ0v) is 14.3. The van der Waals surface area contributed by atoms with Crippen molar-refractivity contribution >= 4 is 0 Å². The minimum Gasteiger partial charge on any atom is -0.396 e. The van der Waals surface area contributed by atoms with Crippen LogP contribution < -0.4 is 0 Å². The van der Waals surface area contributed by atoms with Crippen molar-refractivity contribution < 1.29 is 10.2 Å². The molecule has 0 bridgehead atoms. The van der Waals surface area contributed by atoms with Gasteiger partial charge in [0.1, 0.15) is 0 Å². The minimum atomic E-state index is 0.116. The lowest BCUT2D eigenvalue weighted by Gasteiger charge is -2.54. The molecule has 3 nitrogen and oxygen atoms in total. The van der Waals surface area contributed by atoms with Crippen molar-refractivity contribution in [3.05, 3.63) is 0 Å². The predicted octanol–water partition coefficient (Wildman–Crippen LogP) is 3.15. The molecule has 118 valence electrons. The van der Waals surface area contributed by atoms with Gasteiger partial charge < -0.3 is 15.1 Å². The average molecular weight is 275 g/mol. The van der Waals surface area contributed by atoms with E-state index in [0.29, 0.717) is 0 Å². The van der Waals surface area contributed by atoms with Gasteiger partial charge in [-0.05, 0) is 31.7 Å². The first-order valence-electron chi connectivity index (χ1n) is 8.08. The predicted molar refractivity (Wildman–Crippen MR) is 84.4 cm³/mol. The van der Waals surface area contributed by atoms with E-state index in [1.165, 1.54) is 6.42 Å². The third kappa shape index (κ3) is 4.17. The van der Waals surface area contributed by atoms with Crippen LogP contribution in [0.1, 0.15) is 60.8 Å². The van der Waals surface area contributed by atoms with E-state index in [2.05, 4.69) is 11.9 Å². The van der Waals surface area contributed by atoms with Crippen molar-refractivity contribution in [3.63, 3.8) is 0 Å². The molecule has 0 aromatic carbocycles. The summed E-state index contributed by atoms with van der Waals surface area (Å²) in [6.45, 7) is 14.6. The van der Waals surface area contributed by atoms with Crippen LogP contribution in [0.3, 0.4) is 0 Å². The summed E-state index contributed by atoms with van der Waals surface area (Å²) >= 11 is 0. The minimum absolute atomic E-state index is 0.116. The number of aliphatic hydroxyl groups is 2. The first kappa shape index (κ1) is 21.2. The lowest BCUT2D eigenvalue weighted by atomic mass is 9.50. The monoisotopic (exact) mass is 275 g/mol. The van der Waals surface area contributed by atoms with Gasteiger partial charge in [-0.25, -0.2) is 0 Å². The molecule has 2 rings (SSSR count). The van der Waals surface area contributed by atoms with Crippen LogP contribution in [0.4, 0.5) is 0 Å². The molecule has 0 radical (unpaired) electrons. The molecule has 0 amide bonds. The lowest BCUT2D eigenvalue weighted by molar-refractivity contribution is -0.0840. The Balaban J connectivity index is 0. The molecule has 0 spiro atoms. The maximum Gasteiger partial charge on any atom is 0.0505 e. The fraction of sp³-hybridized carbons (Fsp3) is 1.00. The van der Waals surface area contributed by atoms with Gasteiger partial charge in [-0.15, -0.1) is 0 Å². The average Bonchev–Trinajstić information content (AvgIpc) is 2.67. The van der Waals surface area contributed by atoms with Gasteiger partial charge in [0.15, 0.2) is 0 Å². The van der Waals surface area contributed by atoms with Crippen LogP contribution in [0.2, 0.25) is 0 Å². The van der Waals surface area contributed by atoms with Crippen molar-refractivity contribution in [2.24, 2.45) is 10.8 Å². The van der Waals surface area contributed by atoms with Crippen molar-refractivity contribution in [1.29, 1.82) is 0 Å². The normalized spacial score (nSPS) is 31.4. The highest BCUT2D eigenvalue weighted by Gasteiger charge is 2.62. The Bertz CT molecular complexity index is 207. The van der Waals surface area contributed by atoms with Gasteiger partial charge >= 0.3 is 0 Å². The second kappa shape index (κ2) is 10.6. The van der Waals surface area contributed by atoms with Gasteiger partial charge in [0, 0.05) is 25.1 Å². The molecule has 3 heteroatoms. The van der Waals surface area contributed by atoms with Crippen LogP contribution in [-0.4, -0.2) is 48.5 Å². The van der Waals surface area contributed by atoms with Crippen LogP contribution in [-0.2, 0) is 0 Å². The maximum atomic E-state index is 9.45. The smallest absolute Gasteiger partial charge is 0.0505 e. The Morgan fingerprint density at radius 1 is 0.842 bits per heavy atom. The summed E-state index contributed by atoms with van der Waals surface area (Å²) < 4.78 is 0. The second-order valence-electron chi connectivity index (χ2n) is 4.86. The van der Waals surface area contributed by atoms with Gasteiger partial charge in [-0.2, -0.15) is 0 Å². The van der Waals surface area contributed by atoms with Crippen LogP contribution in [0.5, 0.6) is 0 Å². The Labute approximate surface area is 121 Å². The molecule has 2 unspecified atom stereocenters. The second-order valence-corrected chi connectivity index (χ2v) is 4.86. The molecule has 2 aliphatic rings. The van der Waals surface area contributed by atoms with Gasteiger partial charge in [-0.3, -0.25) is 0 Å². The number of hydrogen-bond acceptors (Lipinski definition) is 3. The Kier molecular flexibility index (Phi) is 11.9. The van der Waals surface area contributed by atoms with Crippen LogP contribution in [0.25, 0.3) is 0 Å². The van der Waals surface area contributed by atoms with Crippen LogP contribution in [0.15, 0.2) is 0 Å². The number of fused-ring (bicyclic) bond motifs is 1. The van der Waals surface area contributed by atoms with Crippen LogP contribution >= 0.6 is 0 Å². The molecular formula is C16H37NO2. The van der Waals surface area contributed by atoms with Crippen molar-refractivity contribution in [3.8, 4) is 0 Å². The summed E-state index contributed by atoms with van der Waals surface area (Å²) in [4.78, 5) is 2.29. The van der Waals surface area contributed by atoms with E-state index in [0.717, 1.165) is 25.9 Å². The van der Waals surface area contributed by atoms with Gasteiger partial charge in [0.05, 0.1) is 6.61 Å². The summed E-state index contributed by atoms with van der Waals surface area (Å²) in [5, 5.41) is 18.5. The molecule has 2 N–H and O–H groups in total. The first-order chi connectivity index (χ1) is 9.18. The molecule has 0 aromatic heterocycles. The molecule has 19 heavy (non-hydrogen) atoms. The van der Waals surface area contributed by atoms with E-state index in [4.69, 9.17) is 5.11 Å². The van der Waals surface area contributed by atoms with Crippen molar-refractivity contribution in [2.75, 3.05) is 33.4 Å². The van der Waals surface area contributed by atoms with Gasteiger partial charge in [0.2, 0.25) is 0 Å². The molecule has 1 saturated carbocycles. The molecule has 2 atom stereocenters. The number of likely N-dealkylation sites (tertiary alicyclic amines) is 1. The molecule has 1 saturated heterocycles. The zero-order valence-electron chi connectivity index (χ0n) is 14.3. The fourth-order valence-electron chi connectivity index (χ4n) is 3.39. The number of aliphatic hydroxyl groups excluding tert-OH is 2. The number of rotatable bonds is 3. The molecule has 1 aliphatic carbocycles. The van der Waals surface area contributed by atoms with E-state index in [1.54, 1.807) is 0 Å². The third-order valence-corrected chi connectivity index (χ3v) is 4.25.